The summed E-state index contributed by atoms with van der Waals surface area (Å²) < 4.78 is 0.803. The van der Waals surface area contributed by atoms with E-state index in [1.807, 2.05) is 0 Å². The normalized spacial score (nSPS) is 10.3. The topological polar surface area (TPSA) is 0 Å². The Balaban J connectivity index is 0.000000433. The summed E-state index contributed by atoms with van der Waals surface area (Å²) in [4.78, 5) is 0. The van der Waals surface area contributed by atoms with Crippen molar-refractivity contribution < 1.29 is 0 Å². The van der Waals surface area contributed by atoms with Crippen LogP contribution in [-0.4, -0.2) is 3.92 Å². The van der Waals surface area contributed by atoms with Gasteiger partial charge in [-0.15, -0.1) is 0 Å². The standard InChI is InChI=1S/C18H15P.C3H7I/c1-4-10-16(11-5-1)19(17-12-6-2-7-13-17)18-14-8-3-9-15-18;1-3(2)4/h1-15H;3H,1-2H3. The third-order valence-corrected chi connectivity index (χ3v) is 5.49. The van der Waals surface area contributed by atoms with Crippen molar-refractivity contribution in [3.63, 3.8) is 0 Å². The molecule has 0 aliphatic carbocycles. The molecule has 0 spiro atoms. The summed E-state index contributed by atoms with van der Waals surface area (Å²) in [6.07, 6.45) is 0. The molecule has 0 aliphatic rings. The van der Waals surface area contributed by atoms with Crippen molar-refractivity contribution in [3.8, 4) is 0 Å². The summed E-state index contributed by atoms with van der Waals surface area (Å²) in [5.74, 6) is 0. The number of hydrogen-bond donors (Lipinski definition) is 0. The fraction of sp³-hybridized carbons (Fsp3) is 0.143. The molecule has 118 valence electrons. The highest BCUT2D eigenvalue weighted by Gasteiger charge is 2.14. The van der Waals surface area contributed by atoms with Crippen LogP contribution in [0.25, 0.3) is 0 Å². The fourth-order valence-electron chi connectivity index (χ4n) is 2.18. The lowest BCUT2D eigenvalue weighted by atomic mass is 10.4. The Bertz CT molecular complexity index is 569. The van der Waals surface area contributed by atoms with Crippen molar-refractivity contribution in [2.45, 2.75) is 17.8 Å². The van der Waals surface area contributed by atoms with E-state index in [2.05, 4.69) is 127 Å². The van der Waals surface area contributed by atoms with E-state index < -0.39 is 7.92 Å². The highest BCUT2D eigenvalue weighted by atomic mass is 127. The molecule has 2 heteroatoms. The molecule has 3 aromatic carbocycles. The van der Waals surface area contributed by atoms with E-state index in [9.17, 15) is 0 Å². The Kier molecular flexibility index (Phi) is 7.78. The van der Waals surface area contributed by atoms with E-state index in [4.69, 9.17) is 0 Å². The Morgan fingerprint density at radius 2 is 0.783 bits per heavy atom. The van der Waals surface area contributed by atoms with Gasteiger partial charge in [0, 0.05) is 3.92 Å². The van der Waals surface area contributed by atoms with E-state index in [0.29, 0.717) is 0 Å². The van der Waals surface area contributed by atoms with Crippen molar-refractivity contribution in [3.05, 3.63) is 91.0 Å². The van der Waals surface area contributed by atoms with Gasteiger partial charge in [-0.25, -0.2) is 0 Å². The van der Waals surface area contributed by atoms with Gasteiger partial charge < -0.3 is 0 Å². The highest BCUT2D eigenvalue weighted by molar-refractivity contribution is 14.1. The zero-order valence-corrected chi connectivity index (χ0v) is 16.6. The molecule has 0 fully saturated rings. The van der Waals surface area contributed by atoms with Gasteiger partial charge in [-0.2, -0.15) is 0 Å². The second-order valence-electron chi connectivity index (χ2n) is 5.36. The molecule has 0 heterocycles. The maximum atomic E-state index is 2.34. The lowest BCUT2D eigenvalue weighted by Crippen LogP contribution is -2.20. The molecule has 0 bridgehead atoms. The van der Waals surface area contributed by atoms with Gasteiger partial charge in [0.05, 0.1) is 0 Å². The molecule has 0 aliphatic heterocycles. The lowest BCUT2D eigenvalue weighted by molar-refractivity contribution is 1.16. The molecule has 23 heavy (non-hydrogen) atoms. The fourth-order valence-corrected chi connectivity index (χ4v) is 4.48. The van der Waals surface area contributed by atoms with Crippen molar-refractivity contribution in [1.29, 1.82) is 0 Å². The second-order valence-corrected chi connectivity index (χ2v) is 10.1. The smallest absolute Gasteiger partial charge is 0.00530 e. The van der Waals surface area contributed by atoms with Gasteiger partial charge in [0.1, 0.15) is 0 Å². The predicted molar refractivity (Wildman–Crippen MR) is 114 cm³/mol. The summed E-state index contributed by atoms with van der Waals surface area (Å²) >= 11 is 2.34. The van der Waals surface area contributed by atoms with E-state index in [1.165, 1.54) is 15.9 Å². The van der Waals surface area contributed by atoms with E-state index in [1.54, 1.807) is 0 Å². The maximum Gasteiger partial charge on any atom is 0.00530 e. The van der Waals surface area contributed by atoms with Crippen LogP contribution in [0.1, 0.15) is 13.8 Å². The van der Waals surface area contributed by atoms with Crippen LogP contribution in [0.4, 0.5) is 0 Å². The summed E-state index contributed by atoms with van der Waals surface area (Å²) in [6, 6.07) is 32.3. The summed E-state index contributed by atoms with van der Waals surface area (Å²) in [6.45, 7) is 4.31. The van der Waals surface area contributed by atoms with E-state index in [-0.39, 0.29) is 0 Å². The Morgan fingerprint density at radius 3 is 1.00 bits per heavy atom. The van der Waals surface area contributed by atoms with Crippen molar-refractivity contribution in [2.24, 2.45) is 0 Å². The molecular formula is C21H22IP. The van der Waals surface area contributed by atoms with Crippen LogP contribution in [0.15, 0.2) is 91.0 Å². The molecule has 0 unspecified atom stereocenters. The first-order valence-corrected chi connectivity index (χ1v) is 10.4. The summed E-state index contributed by atoms with van der Waals surface area (Å²) in [5.41, 5.74) is 0. The molecule has 0 nitrogen and oxygen atoms in total. The zero-order valence-electron chi connectivity index (χ0n) is 13.6. The number of halogens is 1. The molecule has 0 saturated carbocycles. The van der Waals surface area contributed by atoms with Crippen LogP contribution < -0.4 is 15.9 Å². The average Bonchev–Trinajstić information content (AvgIpc) is 2.58. The monoisotopic (exact) mass is 432 g/mol. The van der Waals surface area contributed by atoms with Crippen molar-refractivity contribution in [2.75, 3.05) is 0 Å². The minimum absolute atomic E-state index is 0.446. The molecule has 3 rings (SSSR count). The molecule has 0 radical (unpaired) electrons. The molecule has 0 aromatic heterocycles. The second kappa shape index (κ2) is 9.85. The SMILES string of the molecule is CC(C)I.c1ccc(P(c2ccccc2)c2ccccc2)cc1. The van der Waals surface area contributed by atoms with Crippen LogP contribution in [0.2, 0.25) is 0 Å². The van der Waals surface area contributed by atoms with Gasteiger partial charge in [-0.3, -0.25) is 0 Å². The van der Waals surface area contributed by atoms with E-state index in [0.717, 1.165) is 3.92 Å². The molecular weight excluding hydrogens is 410 g/mol. The number of alkyl halides is 1. The third-order valence-electron chi connectivity index (χ3n) is 3.04. The van der Waals surface area contributed by atoms with Gasteiger partial charge >= 0.3 is 0 Å². The number of rotatable bonds is 3. The first-order chi connectivity index (χ1) is 11.2. The van der Waals surface area contributed by atoms with E-state index >= 15 is 0 Å². The van der Waals surface area contributed by atoms with Gasteiger partial charge in [-0.05, 0) is 23.8 Å². The summed E-state index contributed by atoms with van der Waals surface area (Å²) in [7, 11) is -0.446. The minimum Gasteiger partial charge on any atom is -0.0832 e. The Morgan fingerprint density at radius 1 is 0.565 bits per heavy atom. The van der Waals surface area contributed by atoms with Crippen LogP contribution in [-0.2, 0) is 0 Å². The molecule has 3 aromatic rings. The third kappa shape index (κ3) is 6.08. The quantitative estimate of drug-likeness (QED) is 0.300. The van der Waals surface area contributed by atoms with Crippen LogP contribution in [0.3, 0.4) is 0 Å². The highest BCUT2D eigenvalue weighted by Crippen LogP contribution is 2.32. The first kappa shape index (κ1) is 18.2. The van der Waals surface area contributed by atoms with Gasteiger partial charge in [-0.1, -0.05) is 127 Å². The Hall–Kier alpha value is -1.18. The van der Waals surface area contributed by atoms with Gasteiger partial charge in [0.25, 0.3) is 0 Å². The molecule has 0 atom stereocenters. The largest absolute Gasteiger partial charge is 0.0832 e. The zero-order chi connectivity index (χ0) is 16.5. The van der Waals surface area contributed by atoms with Crippen LogP contribution in [0, 0.1) is 0 Å². The van der Waals surface area contributed by atoms with Gasteiger partial charge in [0.15, 0.2) is 0 Å². The van der Waals surface area contributed by atoms with Gasteiger partial charge in [0.2, 0.25) is 0 Å². The number of hydrogen-bond acceptors (Lipinski definition) is 0. The minimum atomic E-state index is -0.446. The maximum absolute atomic E-state index is 2.34. The molecule has 0 amide bonds. The van der Waals surface area contributed by atoms with Crippen LogP contribution in [0.5, 0.6) is 0 Å². The van der Waals surface area contributed by atoms with Crippen LogP contribution >= 0.6 is 30.5 Å². The average molecular weight is 432 g/mol. The first-order valence-electron chi connectivity index (χ1n) is 7.78. The molecule has 0 saturated heterocycles. The summed E-state index contributed by atoms with van der Waals surface area (Å²) in [5, 5.41) is 4.19. The predicted octanol–water partition coefficient (Wildman–Crippen LogP) is 5.27. The molecule has 0 N–H and O–H groups in total. The Labute approximate surface area is 154 Å². The number of benzene rings is 3. The lowest BCUT2D eigenvalue weighted by Gasteiger charge is -2.18. The van der Waals surface area contributed by atoms with Crippen molar-refractivity contribution >= 4 is 46.4 Å². The van der Waals surface area contributed by atoms with Crippen molar-refractivity contribution in [1.82, 2.24) is 0 Å².